The van der Waals surface area contributed by atoms with Gasteiger partial charge in [-0.05, 0) is 43.6 Å². The molecular weight excluding hydrogens is 330 g/mol. The minimum atomic E-state index is -0.113. The van der Waals surface area contributed by atoms with Gasteiger partial charge in [0.1, 0.15) is 0 Å². The van der Waals surface area contributed by atoms with Gasteiger partial charge in [-0.1, -0.05) is 12.1 Å². The van der Waals surface area contributed by atoms with Gasteiger partial charge in [0.2, 0.25) is 17.7 Å². The molecule has 0 aromatic heterocycles. The molecule has 0 radical (unpaired) electrons. The van der Waals surface area contributed by atoms with Crippen LogP contribution in [0.5, 0.6) is 0 Å². The Hall–Kier alpha value is -1.92. The minimum Gasteiger partial charge on any atom is -0.326 e. The molecule has 0 unspecified atom stereocenters. The third-order valence-corrected chi connectivity index (χ3v) is 4.43. The smallest absolute Gasteiger partial charge is 0.229 e. The number of imide groups is 1. The summed E-state index contributed by atoms with van der Waals surface area (Å²) in [6, 6.07) is 7.33. The highest BCUT2D eigenvalue weighted by atomic mass is 35.5. The second-order valence-electron chi connectivity index (χ2n) is 6.08. The fourth-order valence-corrected chi connectivity index (χ4v) is 3.00. The van der Waals surface area contributed by atoms with E-state index in [4.69, 9.17) is 0 Å². The van der Waals surface area contributed by atoms with Gasteiger partial charge in [0, 0.05) is 24.4 Å². The highest BCUT2D eigenvalue weighted by Gasteiger charge is 2.28. The van der Waals surface area contributed by atoms with Gasteiger partial charge >= 0.3 is 0 Å². The third kappa shape index (κ3) is 4.33. The van der Waals surface area contributed by atoms with Crippen molar-refractivity contribution in [3.8, 4) is 0 Å². The molecule has 0 saturated carbocycles. The van der Waals surface area contributed by atoms with E-state index >= 15 is 0 Å². The van der Waals surface area contributed by atoms with Crippen LogP contribution in [0.25, 0.3) is 0 Å². The largest absolute Gasteiger partial charge is 0.326 e. The van der Waals surface area contributed by atoms with Crippen molar-refractivity contribution >= 4 is 35.8 Å². The Morgan fingerprint density at radius 1 is 1.08 bits per heavy atom. The molecule has 2 heterocycles. The Bertz CT molecular complexity index is 596. The number of benzene rings is 1. The van der Waals surface area contributed by atoms with Crippen LogP contribution < -0.4 is 10.6 Å². The number of anilines is 1. The van der Waals surface area contributed by atoms with Gasteiger partial charge in [-0.3, -0.25) is 19.3 Å². The van der Waals surface area contributed by atoms with Gasteiger partial charge in [-0.15, -0.1) is 12.4 Å². The van der Waals surface area contributed by atoms with Crippen molar-refractivity contribution in [1.82, 2.24) is 10.2 Å². The van der Waals surface area contributed by atoms with E-state index < -0.39 is 0 Å². The first-order valence-electron chi connectivity index (χ1n) is 8.07. The van der Waals surface area contributed by atoms with Gasteiger partial charge in [-0.2, -0.15) is 0 Å². The van der Waals surface area contributed by atoms with E-state index in [0.717, 1.165) is 37.2 Å². The summed E-state index contributed by atoms with van der Waals surface area (Å²) in [5, 5.41) is 6.18. The fraction of sp³-hybridized carbons (Fsp3) is 0.471. The lowest BCUT2D eigenvalue weighted by Crippen LogP contribution is -2.34. The summed E-state index contributed by atoms with van der Waals surface area (Å²) in [7, 11) is 0. The quantitative estimate of drug-likeness (QED) is 0.809. The third-order valence-electron chi connectivity index (χ3n) is 4.43. The lowest BCUT2D eigenvalue weighted by Gasteiger charge is -2.21. The van der Waals surface area contributed by atoms with Crippen LogP contribution in [0, 0.1) is 5.92 Å². The SMILES string of the molecule is Cl.O=C(Nc1ccc(CN2C(=O)CCC2=O)cc1)C1CCNCC1. The first-order valence-corrected chi connectivity index (χ1v) is 8.07. The number of rotatable bonds is 4. The minimum absolute atomic E-state index is 0. The number of likely N-dealkylation sites (tertiary alicyclic amines) is 1. The topological polar surface area (TPSA) is 78.5 Å². The number of hydrogen-bond donors (Lipinski definition) is 2. The van der Waals surface area contributed by atoms with Crippen LogP contribution in [-0.4, -0.2) is 35.7 Å². The zero-order valence-electron chi connectivity index (χ0n) is 13.4. The Balaban J connectivity index is 0.00000208. The molecule has 2 aliphatic rings. The molecule has 0 spiro atoms. The highest BCUT2D eigenvalue weighted by Crippen LogP contribution is 2.19. The van der Waals surface area contributed by atoms with Crippen molar-refractivity contribution < 1.29 is 14.4 Å². The molecule has 1 aromatic carbocycles. The Labute approximate surface area is 147 Å². The Kier molecular flexibility index (Phi) is 6.34. The van der Waals surface area contributed by atoms with Crippen LogP contribution >= 0.6 is 12.4 Å². The summed E-state index contributed by atoms with van der Waals surface area (Å²) in [5.74, 6) is -0.100. The summed E-state index contributed by atoms with van der Waals surface area (Å²) in [6.45, 7) is 2.07. The van der Waals surface area contributed by atoms with Crippen LogP contribution in [0.15, 0.2) is 24.3 Å². The number of nitrogens with one attached hydrogen (secondary N) is 2. The summed E-state index contributed by atoms with van der Waals surface area (Å²) < 4.78 is 0. The average molecular weight is 352 g/mol. The second-order valence-corrected chi connectivity index (χ2v) is 6.08. The van der Waals surface area contributed by atoms with Gasteiger partial charge in [0.05, 0.1) is 6.54 Å². The van der Waals surface area contributed by atoms with Crippen molar-refractivity contribution in [1.29, 1.82) is 0 Å². The molecule has 6 nitrogen and oxygen atoms in total. The molecule has 0 atom stereocenters. The van der Waals surface area contributed by atoms with Crippen LogP contribution in [0.3, 0.4) is 0 Å². The summed E-state index contributed by atoms with van der Waals surface area (Å²) in [4.78, 5) is 36.7. The number of hydrogen-bond acceptors (Lipinski definition) is 4. The normalized spacial score (nSPS) is 18.4. The van der Waals surface area contributed by atoms with Crippen molar-refractivity contribution in [2.24, 2.45) is 5.92 Å². The molecule has 2 saturated heterocycles. The van der Waals surface area contributed by atoms with Crippen molar-refractivity contribution in [2.75, 3.05) is 18.4 Å². The predicted octanol–water partition coefficient (Wildman–Crippen LogP) is 1.70. The van der Waals surface area contributed by atoms with E-state index in [0.29, 0.717) is 19.4 Å². The monoisotopic (exact) mass is 351 g/mol. The van der Waals surface area contributed by atoms with E-state index in [1.807, 2.05) is 24.3 Å². The fourth-order valence-electron chi connectivity index (χ4n) is 3.00. The van der Waals surface area contributed by atoms with Crippen LogP contribution in [-0.2, 0) is 20.9 Å². The maximum Gasteiger partial charge on any atom is 0.229 e. The van der Waals surface area contributed by atoms with Crippen molar-refractivity contribution in [2.45, 2.75) is 32.2 Å². The molecule has 3 amide bonds. The van der Waals surface area contributed by atoms with Gasteiger partial charge in [-0.25, -0.2) is 0 Å². The van der Waals surface area contributed by atoms with Crippen molar-refractivity contribution in [3.63, 3.8) is 0 Å². The Morgan fingerprint density at radius 3 is 2.25 bits per heavy atom. The summed E-state index contributed by atoms with van der Waals surface area (Å²) in [5.41, 5.74) is 1.63. The van der Waals surface area contributed by atoms with Crippen LogP contribution in [0.4, 0.5) is 5.69 Å². The molecule has 130 valence electrons. The Morgan fingerprint density at radius 2 is 1.67 bits per heavy atom. The van der Waals surface area contributed by atoms with Gasteiger partial charge in [0.15, 0.2) is 0 Å². The second kappa shape index (κ2) is 8.26. The number of nitrogens with zero attached hydrogens (tertiary/aromatic N) is 1. The molecule has 2 aliphatic heterocycles. The molecular formula is C17H22ClN3O3. The number of carbonyl (C=O) groups excluding carboxylic acids is 3. The predicted molar refractivity (Wildman–Crippen MR) is 92.7 cm³/mol. The number of halogens is 1. The molecule has 3 rings (SSSR count). The standard InChI is InChI=1S/C17H21N3O3.ClH/c21-15-5-6-16(22)20(15)11-12-1-3-14(4-2-12)19-17(23)13-7-9-18-10-8-13;/h1-4,13,18H,5-11H2,(H,19,23);1H. The maximum atomic E-state index is 12.2. The van der Waals surface area contributed by atoms with E-state index in [2.05, 4.69) is 10.6 Å². The van der Waals surface area contributed by atoms with Gasteiger partial charge < -0.3 is 10.6 Å². The molecule has 1 aromatic rings. The van der Waals surface area contributed by atoms with E-state index in [-0.39, 0.29) is 36.0 Å². The number of carbonyl (C=O) groups is 3. The van der Waals surface area contributed by atoms with Gasteiger partial charge in [0.25, 0.3) is 0 Å². The molecule has 0 bridgehead atoms. The number of piperidine rings is 1. The van der Waals surface area contributed by atoms with Crippen molar-refractivity contribution in [3.05, 3.63) is 29.8 Å². The molecule has 24 heavy (non-hydrogen) atoms. The number of amides is 3. The lowest BCUT2D eigenvalue weighted by atomic mass is 9.97. The zero-order chi connectivity index (χ0) is 16.2. The maximum absolute atomic E-state index is 12.2. The molecule has 2 fully saturated rings. The molecule has 7 heteroatoms. The van der Waals surface area contributed by atoms with Crippen LogP contribution in [0.1, 0.15) is 31.2 Å². The average Bonchev–Trinajstić information content (AvgIpc) is 2.89. The molecule has 0 aliphatic carbocycles. The summed E-state index contributed by atoms with van der Waals surface area (Å²) >= 11 is 0. The van der Waals surface area contributed by atoms with Crippen LogP contribution in [0.2, 0.25) is 0 Å². The first kappa shape index (κ1) is 18.4. The van der Waals surface area contributed by atoms with E-state index in [1.54, 1.807) is 0 Å². The van der Waals surface area contributed by atoms with E-state index in [9.17, 15) is 14.4 Å². The first-order chi connectivity index (χ1) is 11.1. The highest BCUT2D eigenvalue weighted by molar-refractivity contribution is 6.01. The van der Waals surface area contributed by atoms with E-state index in [1.165, 1.54) is 4.90 Å². The zero-order valence-corrected chi connectivity index (χ0v) is 14.2. The summed E-state index contributed by atoms with van der Waals surface area (Å²) in [6.07, 6.45) is 2.35. The lowest BCUT2D eigenvalue weighted by molar-refractivity contribution is -0.139. The molecule has 2 N–H and O–H groups in total.